The first-order valence-corrected chi connectivity index (χ1v) is 10.2. The normalized spacial score (nSPS) is 11.6. The van der Waals surface area contributed by atoms with Gasteiger partial charge in [0.25, 0.3) is 10.0 Å². The molecular formula is C18H21BrN2O5S. The predicted molar refractivity (Wildman–Crippen MR) is 108 cm³/mol. The van der Waals surface area contributed by atoms with Gasteiger partial charge in [0.05, 0.1) is 7.11 Å². The number of carbonyl (C=O) groups excluding carboxylic acids is 1. The van der Waals surface area contributed by atoms with E-state index in [0.29, 0.717) is 5.69 Å². The van der Waals surface area contributed by atoms with Gasteiger partial charge in [-0.15, -0.1) is 0 Å². The van der Waals surface area contributed by atoms with Crippen molar-refractivity contribution in [2.45, 2.75) is 31.3 Å². The number of hydrogen-bond acceptors (Lipinski definition) is 5. The summed E-state index contributed by atoms with van der Waals surface area (Å²) < 4.78 is 39.2. The van der Waals surface area contributed by atoms with Crippen LogP contribution in [0.3, 0.4) is 0 Å². The van der Waals surface area contributed by atoms with Gasteiger partial charge in [0.2, 0.25) is 0 Å². The third-order valence-corrected chi connectivity index (χ3v) is 5.13. The number of anilines is 2. The van der Waals surface area contributed by atoms with E-state index in [2.05, 4.69) is 26.0 Å². The Hall–Kier alpha value is -2.26. The lowest BCUT2D eigenvalue weighted by Crippen LogP contribution is -2.27. The topological polar surface area (TPSA) is 93.7 Å². The van der Waals surface area contributed by atoms with Crippen LogP contribution in [0.4, 0.5) is 16.2 Å². The number of amides is 1. The molecule has 0 atom stereocenters. The Morgan fingerprint density at radius 1 is 1.04 bits per heavy atom. The third kappa shape index (κ3) is 6.14. The molecule has 0 aliphatic carbocycles. The van der Waals surface area contributed by atoms with E-state index >= 15 is 0 Å². The quantitative estimate of drug-likeness (QED) is 0.684. The number of halogens is 1. The highest BCUT2D eigenvalue weighted by Gasteiger charge is 2.22. The molecule has 0 saturated carbocycles. The monoisotopic (exact) mass is 456 g/mol. The van der Waals surface area contributed by atoms with Crippen LogP contribution in [0.25, 0.3) is 0 Å². The molecule has 0 heterocycles. The zero-order chi connectivity index (χ0) is 20.2. The minimum atomic E-state index is -3.94. The van der Waals surface area contributed by atoms with Gasteiger partial charge >= 0.3 is 6.09 Å². The molecule has 0 spiro atoms. The lowest BCUT2D eigenvalue weighted by Gasteiger charge is -2.20. The Bertz CT molecular complexity index is 922. The molecule has 1 amide bonds. The van der Waals surface area contributed by atoms with Crippen LogP contribution in [-0.2, 0) is 14.8 Å². The molecule has 146 valence electrons. The molecule has 0 fully saturated rings. The van der Waals surface area contributed by atoms with E-state index < -0.39 is 21.7 Å². The van der Waals surface area contributed by atoms with Gasteiger partial charge in [0.15, 0.2) is 0 Å². The number of hydrogen-bond donors (Lipinski definition) is 2. The van der Waals surface area contributed by atoms with Crippen molar-refractivity contribution in [3.05, 3.63) is 46.9 Å². The summed E-state index contributed by atoms with van der Waals surface area (Å²) in [7, 11) is -2.57. The summed E-state index contributed by atoms with van der Waals surface area (Å²) in [4.78, 5) is 11.8. The molecule has 7 nitrogen and oxygen atoms in total. The second-order valence-electron chi connectivity index (χ2n) is 6.60. The number of benzene rings is 2. The number of rotatable bonds is 5. The lowest BCUT2D eigenvalue weighted by atomic mass is 10.2. The van der Waals surface area contributed by atoms with Gasteiger partial charge in [-0.2, -0.15) is 0 Å². The number of ether oxygens (including phenoxy) is 2. The first-order valence-electron chi connectivity index (χ1n) is 7.96. The van der Waals surface area contributed by atoms with Crippen LogP contribution >= 0.6 is 15.9 Å². The van der Waals surface area contributed by atoms with Gasteiger partial charge in [0, 0.05) is 15.8 Å². The van der Waals surface area contributed by atoms with Crippen molar-refractivity contribution in [1.82, 2.24) is 0 Å². The van der Waals surface area contributed by atoms with Crippen molar-refractivity contribution in [2.24, 2.45) is 0 Å². The maximum Gasteiger partial charge on any atom is 0.412 e. The Morgan fingerprint density at radius 3 is 2.19 bits per heavy atom. The number of methoxy groups -OCH3 is 1. The molecule has 9 heteroatoms. The summed E-state index contributed by atoms with van der Waals surface area (Å²) in [5.41, 5.74) is -0.0128. The van der Waals surface area contributed by atoms with Crippen LogP contribution < -0.4 is 14.8 Å². The van der Waals surface area contributed by atoms with Crippen LogP contribution in [0.1, 0.15) is 20.8 Å². The lowest BCUT2D eigenvalue weighted by molar-refractivity contribution is 0.0636. The van der Waals surface area contributed by atoms with Crippen molar-refractivity contribution >= 4 is 43.4 Å². The highest BCUT2D eigenvalue weighted by Crippen LogP contribution is 2.29. The summed E-state index contributed by atoms with van der Waals surface area (Å²) in [6.45, 7) is 5.20. The number of nitrogens with one attached hydrogen (secondary N) is 2. The second kappa shape index (κ2) is 8.18. The summed E-state index contributed by atoms with van der Waals surface area (Å²) in [6, 6.07) is 11.0. The minimum Gasteiger partial charge on any atom is -0.495 e. The van der Waals surface area contributed by atoms with Gasteiger partial charge < -0.3 is 9.47 Å². The van der Waals surface area contributed by atoms with E-state index in [1.54, 1.807) is 45.0 Å². The number of carbonyl (C=O) groups is 1. The fraction of sp³-hybridized carbons (Fsp3) is 0.278. The van der Waals surface area contributed by atoms with Crippen LogP contribution in [0.5, 0.6) is 5.75 Å². The van der Waals surface area contributed by atoms with Gasteiger partial charge in [-0.3, -0.25) is 10.0 Å². The molecule has 0 aliphatic rings. The van der Waals surface area contributed by atoms with Crippen molar-refractivity contribution < 1.29 is 22.7 Å². The van der Waals surface area contributed by atoms with Gasteiger partial charge in [-0.05, 0) is 63.2 Å². The summed E-state index contributed by atoms with van der Waals surface area (Å²) >= 11 is 3.30. The highest BCUT2D eigenvalue weighted by atomic mass is 79.9. The van der Waals surface area contributed by atoms with Crippen LogP contribution in [0.15, 0.2) is 51.8 Å². The fourth-order valence-corrected chi connectivity index (χ4v) is 3.63. The molecule has 2 rings (SSSR count). The molecule has 0 saturated heterocycles. The molecule has 2 N–H and O–H groups in total. The number of sulfonamides is 1. The summed E-state index contributed by atoms with van der Waals surface area (Å²) in [5, 5.41) is 2.52. The first kappa shape index (κ1) is 21.0. The molecule has 2 aromatic rings. The van der Waals surface area contributed by atoms with Crippen LogP contribution in [-0.4, -0.2) is 27.2 Å². The van der Waals surface area contributed by atoms with Crippen LogP contribution in [0, 0.1) is 0 Å². The highest BCUT2D eigenvalue weighted by molar-refractivity contribution is 9.10. The predicted octanol–water partition coefficient (Wildman–Crippen LogP) is 4.61. The zero-order valence-electron chi connectivity index (χ0n) is 15.4. The standard InChI is InChI=1S/C18H21BrN2O5S/c1-18(2,3)26-17(22)20-14-9-10-15(25-4)16(11-14)27(23,24)21-13-7-5-12(19)6-8-13/h5-11,21H,1-4H3,(H,20,22). The SMILES string of the molecule is COc1ccc(NC(=O)OC(C)(C)C)cc1S(=O)(=O)Nc1ccc(Br)cc1. The van der Waals surface area contributed by atoms with Crippen LogP contribution in [0.2, 0.25) is 0 Å². The van der Waals surface area contributed by atoms with E-state index in [0.717, 1.165) is 4.47 Å². The summed E-state index contributed by atoms with van der Waals surface area (Å²) in [5.74, 6) is 0.148. The average Bonchev–Trinajstić information content (AvgIpc) is 2.55. The average molecular weight is 457 g/mol. The van der Waals surface area contributed by atoms with E-state index in [1.165, 1.54) is 25.3 Å². The van der Waals surface area contributed by atoms with Gasteiger partial charge in [-0.25, -0.2) is 13.2 Å². The van der Waals surface area contributed by atoms with Gasteiger partial charge in [-0.1, -0.05) is 15.9 Å². The molecule has 2 aromatic carbocycles. The van der Waals surface area contributed by atoms with Gasteiger partial charge in [0.1, 0.15) is 16.2 Å². The molecule has 0 bridgehead atoms. The third-order valence-electron chi connectivity index (χ3n) is 3.19. The largest absolute Gasteiger partial charge is 0.495 e. The molecule has 0 aliphatic heterocycles. The van der Waals surface area contributed by atoms with Crippen molar-refractivity contribution in [3.63, 3.8) is 0 Å². The molecule has 0 radical (unpaired) electrons. The van der Waals surface area contributed by atoms with E-state index in [4.69, 9.17) is 9.47 Å². The van der Waals surface area contributed by atoms with E-state index in [1.807, 2.05) is 0 Å². The Labute approximate surface area is 167 Å². The zero-order valence-corrected chi connectivity index (χ0v) is 17.8. The molecule has 0 aromatic heterocycles. The van der Waals surface area contributed by atoms with E-state index in [9.17, 15) is 13.2 Å². The Balaban J connectivity index is 2.30. The minimum absolute atomic E-state index is 0.110. The first-order chi connectivity index (χ1) is 12.5. The smallest absolute Gasteiger partial charge is 0.412 e. The van der Waals surface area contributed by atoms with Crippen molar-refractivity contribution in [1.29, 1.82) is 0 Å². The summed E-state index contributed by atoms with van der Waals surface area (Å²) in [6.07, 6.45) is -0.683. The maximum atomic E-state index is 12.8. The van der Waals surface area contributed by atoms with Crippen molar-refractivity contribution in [3.8, 4) is 5.75 Å². The molecular weight excluding hydrogens is 436 g/mol. The fourth-order valence-electron chi connectivity index (χ4n) is 2.11. The Morgan fingerprint density at radius 2 is 1.63 bits per heavy atom. The Kier molecular flexibility index (Phi) is 6.38. The molecule has 0 unspecified atom stereocenters. The molecule has 27 heavy (non-hydrogen) atoms. The van der Waals surface area contributed by atoms with Crippen molar-refractivity contribution in [2.75, 3.05) is 17.1 Å². The second-order valence-corrected chi connectivity index (χ2v) is 9.17. The van der Waals surface area contributed by atoms with E-state index in [-0.39, 0.29) is 16.3 Å². The maximum absolute atomic E-state index is 12.8.